The van der Waals surface area contributed by atoms with E-state index in [1.165, 1.54) is 7.11 Å². The molecule has 0 atom stereocenters. The fraction of sp³-hybridized carbons (Fsp3) is 0.140. The van der Waals surface area contributed by atoms with E-state index in [1.54, 1.807) is 12.1 Å². The predicted octanol–water partition coefficient (Wildman–Crippen LogP) is 9.46. The monoisotopic (exact) mass is 864 g/mol. The third-order valence-electron chi connectivity index (χ3n) is 11.1. The number of carbonyl (C=O) groups excluding carboxylic acids is 1. The molecule has 0 saturated heterocycles. The Morgan fingerprint density at radius 1 is 0.585 bits per heavy atom. The summed E-state index contributed by atoms with van der Waals surface area (Å²) in [7, 11) is 1.37. The first kappa shape index (κ1) is 40.5. The number of benzene rings is 6. The lowest BCUT2D eigenvalue weighted by Gasteiger charge is -2.12. The highest BCUT2D eigenvalue weighted by Crippen LogP contribution is 2.37. The van der Waals surface area contributed by atoms with Crippen LogP contribution in [0.4, 0.5) is 0 Å². The number of aromatic nitrogens is 8. The number of imidazole rings is 2. The number of hydrogen-bond acceptors (Lipinski definition) is 12. The Kier molecular flexibility index (Phi) is 10.8. The van der Waals surface area contributed by atoms with Crippen LogP contribution in [-0.4, -0.2) is 65.7 Å². The van der Waals surface area contributed by atoms with E-state index in [4.69, 9.17) is 33.2 Å². The lowest BCUT2D eigenvalue weighted by molar-refractivity contribution is 0.0602. The van der Waals surface area contributed by atoms with E-state index in [0.29, 0.717) is 78.0 Å². The maximum Gasteiger partial charge on any atom is 0.439 e. The van der Waals surface area contributed by atoms with Gasteiger partial charge in [-0.25, -0.2) is 9.59 Å². The number of aromatic amines is 1. The second-order valence-electron chi connectivity index (χ2n) is 15.0. The Bertz CT molecular complexity index is 3400. The van der Waals surface area contributed by atoms with Crippen molar-refractivity contribution in [1.29, 1.82) is 0 Å². The summed E-state index contributed by atoms with van der Waals surface area (Å²) in [6.45, 7) is 5.52. The first-order chi connectivity index (χ1) is 31.9. The fourth-order valence-electron chi connectivity index (χ4n) is 8.15. The van der Waals surface area contributed by atoms with Gasteiger partial charge in [-0.2, -0.15) is 15.0 Å². The van der Waals surface area contributed by atoms with Gasteiger partial charge in [0.25, 0.3) is 17.9 Å². The lowest BCUT2D eigenvalue weighted by Crippen LogP contribution is -2.09. The van der Waals surface area contributed by atoms with Crippen LogP contribution in [0.3, 0.4) is 0 Å². The van der Waals surface area contributed by atoms with Gasteiger partial charge in [0.1, 0.15) is 0 Å². The highest BCUT2D eigenvalue weighted by atomic mass is 16.5. The van der Waals surface area contributed by atoms with Gasteiger partial charge in [-0.05, 0) is 71.5 Å². The molecule has 0 aliphatic rings. The summed E-state index contributed by atoms with van der Waals surface area (Å²) in [5.74, 6) is 0.0732. The molecular formula is C50H40N8O7. The van der Waals surface area contributed by atoms with E-state index in [1.807, 2.05) is 120 Å². The molecule has 1 N–H and O–H groups in total. The summed E-state index contributed by atoms with van der Waals surface area (Å²) >= 11 is 0. The van der Waals surface area contributed by atoms with Crippen LogP contribution in [0, 0.1) is 0 Å². The normalized spacial score (nSPS) is 11.4. The van der Waals surface area contributed by atoms with Crippen LogP contribution in [0.1, 0.15) is 35.3 Å². The minimum Gasteiger partial charge on any atom is -0.465 e. The van der Waals surface area contributed by atoms with Gasteiger partial charge >= 0.3 is 11.7 Å². The first-order valence-electron chi connectivity index (χ1n) is 21.0. The second-order valence-corrected chi connectivity index (χ2v) is 15.0. The van der Waals surface area contributed by atoms with Crippen molar-refractivity contribution in [1.82, 2.24) is 39.4 Å². The topological polar surface area (TPSA) is 178 Å². The molecular weight excluding hydrogens is 825 g/mol. The highest BCUT2D eigenvalue weighted by Gasteiger charge is 2.23. The number of rotatable bonds is 14. The molecule has 15 nitrogen and oxygen atoms in total. The summed E-state index contributed by atoms with van der Waals surface area (Å²) in [6, 6.07) is 44.0. The number of fused-ring (bicyclic) bond motifs is 2. The third-order valence-corrected chi connectivity index (χ3v) is 11.1. The van der Waals surface area contributed by atoms with Crippen LogP contribution in [0.2, 0.25) is 0 Å². The number of methoxy groups -OCH3 is 1. The average Bonchev–Trinajstić information content (AvgIpc) is 4.16. The van der Waals surface area contributed by atoms with E-state index >= 15 is 0 Å². The van der Waals surface area contributed by atoms with Crippen LogP contribution in [0.15, 0.2) is 147 Å². The van der Waals surface area contributed by atoms with Crippen molar-refractivity contribution in [3.63, 3.8) is 0 Å². The van der Waals surface area contributed by atoms with E-state index in [9.17, 15) is 9.59 Å². The van der Waals surface area contributed by atoms with Crippen molar-refractivity contribution < 1.29 is 28.1 Å². The molecule has 65 heavy (non-hydrogen) atoms. The number of nitrogens with one attached hydrogen (secondary N) is 1. The average molecular weight is 865 g/mol. The zero-order valence-electron chi connectivity index (χ0n) is 35.5. The second kappa shape index (κ2) is 17.3. The summed E-state index contributed by atoms with van der Waals surface area (Å²) in [5, 5.41) is 8.40. The maximum atomic E-state index is 12.7. The number of nitrogens with zero attached hydrogens (tertiary/aromatic N) is 7. The Morgan fingerprint density at radius 3 is 1.71 bits per heavy atom. The number of ether oxygens (including phenoxy) is 3. The standard InChI is InChI=1S/C50H40N8O7/c1-4-62-48-51-40-18-10-16-38(42(40)57(48)28-30-20-26-33(27-21-30)35-13-7-9-15-37(35)45-54-50(60)65-56-45)46-53-44(55-64-46)36-14-8-6-12-34(36)32-24-22-31(23-25-32)29-58-43-39(47(59)61-3)17-11-19-41(43)52-49(58)63-5-2/h6-27H,4-5,28-29H2,1-3H3,(H,54,56,60). The molecule has 10 rings (SSSR count). The Hall–Kier alpha value is -8.59. The van der Waals surface area contributed by atoms with Gasteiger partial charge in [-0.15, -0.1) is 0 Å². The van der Waals surface area contributed by atoms with E-state index in [0.717, 1.165) is 55.5 Å². The summed E-state index contributed by atoms with van der Waals surface area (Å²) < 4.78 is 31.8. The Labute approximate surface area is 370 Å². The lowest BCUT2D eigenvalue weighted by atomic mass is 9.98. The van der Waals surface area contributed by atoms with Crippen molar-refractivity contribution in [3.8, 4) is 68.5 Å². The van der Waals surface area contributed by atoms with E-state index < -0.39 is 11.7 Å². The maximum absolute atomic E-state index is 12.7. The molecule has 0 radical (unpaired) electrons. The molecule has 0 unspecified atom stereocenters. The molecule has 4 heterocycles. The Morgan fingerprint density at radius 2 is 1.12 bits per heavy atom. The molecule has 0 saturated carbocycles. The summed E-state index contributed by atoms with van der Waals surface area (Å²) in [5.41, 5.74) is 11.2. The molecule has 0 aliphatic heterocycles. The molecule has 0 amide bonds. The highest BCUT2D eigenvalue weighted by molar-refractivity contribution is 6.02. The quantitative estimate of drug-likeness (QED) is 0.103. The number of H-pyrrole nitrogens is 1. The molecule has 15 heteroatoms. The number of hydrogen-bond donors (Lipinski definition) is 1. The number of carbonyl (C=O) groups is 1. The fourth-order valence-corrected chi connectivity index (χ4v) is 8.15. The van der Waals surface area contributed by atoms with Crippen molar-refractivity contribution in [2.75, 3.05) is 20.3 Å². The van der Waals surface area contributed by atoms with E-state index in [2.05, 4.69) is 44.5 Å². The number of para-hydroxylation sites is 2. The van der Waals surface area contributed by atoms with Gasteiger partial charge in [0.2, 0.25) is 5.82 Å². The van der Waals surface area contributed by atoms with Crippen molar-refractivity contribution in [2.45, 2.75) is 26.9 Å². The zero-order valence-corrected chi connectivity index (χ0v) is 35.5. The zero-order chi connectivity index (χ0) is 44.4. The van der Waals surface area contributed by atoms with Gasteiger partial charge in [0, 0.05) is 11.1 Å². The van der Waals surface area contributed by atoms with Crippen molar-refractivity contribution >= 4 is 28.0 Å². The summed E-state index contributed by atoms with van der Waals surface area (Å²) in [4.78, 5) is 41.6. The predicted molar refractivity (Wildman–Crippen MR) is 244 cm³/mol. The van der Waals surface area contributed by atoms with Crippen LogP contribution < -0.4 is 15.2 Å². The van der Waals surface area contributed by atoms with Crippen molar-refractivity contribution in [2.24, 2.45) is 0 Å². The molecule has 0 bridgehead atoms. The van der Waals surface area contributed by atoms with Gasteiger partial charge in [0.05, 0.1) is 66.6 Å². The minimum absolute atomic E-state index is 0.335. The minimum atomic E-state index is -0.612. The van der Waals surface area contributed by atoms with Crippen LogP contribution in [0.5, 0.6) is 12.0 Å². The third kappa shape index (κ3) is 7.69. The largest absolute Gasteiger partial charge is 0.465 e. The van der Waals surface area contributed by atoms with Crippen LogP contribution >= 0.6 is 0 Å². The number of esters is 1. The summed E-state index contributed by atoms with van der Waals surface area (Å²) in [6.07, 6.45) is 0. The molecule has 4 aromatic heterocycles. The molecule has 0 fully saturated rings. The van der Waals surface area contributed by atoms with Gasteiger partial charge in [-0.3, -0.25) is 18.6 Å². The van der Waals surface area contributed by atoms with Gasteiger partial charge in [-0.1, -0.05) is 120 Å². The van der Waals surface area contributed by atoms with Gasteiger partial charge in [0.15, 0.2) is 5.82 Å². The van der Waals surface area contributed by atoms with Gasteiger partial charge < -0.3 is 18.7 Å². The molecule has 10 aromatic rings. The first-order valence-corrected chi connectivity index (χ1v) is 21.0. The van der Waals surface area contributed by atoms with Crippen LogP contribution in [0.25, 0.3) is 78.6 Å². The Balaban J connectivity index is 0.948. The molecule has 0 spiro atoms. The van der Waals surface area contributed by atoms with E-state index in [-0.39, 0.29) is 0 Å². The van der Waals surface area contributed by atoms with Crippen LogP contribution in [-0.2, 0) is 17.8 Å². The van der Waals surface area contributed by atoms with Crippen molar-refractivity contribution in [3.05, 3.63) is 161 Å². The smallest absolute Gasteiger partial charge is 0.439 e. The molecule has 0 aliphatic carbocycles. The SMILES string of the molecule is CCOc1nc2cccc(C(=O)OC)c2n1Cc1ccc(-c2ccccc2-c2noc(-c3cccc4nc(OCC)n(Cc5ccc(-c6ccccc6-c6noc(=O)[nH]6)cc5)c34)n2)cc1. The molecule has 6 aromatic carbocycles. The molecule has 322 valence electrons.